The van der Waals surface area contributed by atoms with Gasteiger partial charge in [-0.2, -0.15) is 0 Å². The van der Waals surface area contributed by atoms with Gasteiger partial charge in [-0.1, -0.05) is 17.2 Å². The second-order valence-electron chi connectivity index (χ2n) is 7.39. The number of benzene rings is 1. The minimum atomic E-state index is 0.0957. The van der Waals surface area contributed by atoms with Crippen molar-refractivity contribution < 1.29 is 9.53 Å². The van der Waals surface area contributed by atoms with Crippen LogP contribution in [0.1, 0.15) is 32.2 Å². The Morgan fingerprint density at radius 1 is 1.23 bits per heavy atom. The topological polar surface area (TPSA) is 45.7 Å². The van der Waals surface area contributed by atoms with Gasteiger partial charge in [-0.05, 0) is 32.9 Å². The molecule has 0 bridgehead atoms. The maximum Gasteiger partial charge on any atom is 0.254 e. The molecule has 1 aromatic carbocycles. The second kappa shape index (κ2) is 7.10. The van der Waals surface area contributed by atoms with Gasteiger partial charge in [0.2, 0.25) is 0 Å². The van der Waals surface area contributed by atoms with Crippen LogP contribution in [0.2, 0.25) is 0 Å². The highest BCUT2D eigenvalue weighted by atomic mass is 32.1. The van der Waals surface area contributed by atoms with Crippen LogP contribution < -0.4 is 0 Å². The van der Waals surface area contributed by atoms with Gasteiger partial charge >= 0.3 is 0 Å². The fourth-order valence-electron chi connectivity index (χ4n) is 4.09. The second-order valence-corrected chi connectivity index (χ2v) is 8.45. The number of aryl methyl sites for hydroxylation is 3. The van der Waals surface area contributed by atoms with Crippen LogP contribution in [0.5, 0.6) is 0 Å². The van der Waals surface area contributed by atoms with Crippen molar-refractivity contribution in [3.8, 4) is 0 Å². The number of thiazole rings is 1. The molecule has 0 N–H and O–H groups in total. The monoisotopic (exact) mass is 371 g/mol. The minimum Gasteiger partial charge on any atom is -0.373 e. The number of nitrogens with zero attached hydrogens (tertiary/aromatic N) is 3. The van der Waals surface area contributed by atoms with Crippen molar-refractivity contribution in [2.75, 3.05) is 26.2 Å². The number of likely N-dealkylation sites (tertiary alicyclic amines) is 1. The first-order chi connectivity index (χ1) is 12.5. The van der Waals surface area contributed by atoms with Gasteiger partial charge < -0.3 is 9.64 Å². The summed E-state index contributed by atoms with van der Waals surface area (Å²) >= 11 is 1.69. The van der Waals surface area contributed by atoms with Crippen molar-refractivity contribution in [1.29, 1.82) is 0 Å². The summed E-state index contributed by atoms with van der Waals surface area (Å²) in [5, 5.41) is 3.23. The summed E-state index contributed by atoms with van der Waals surface area (Å²) in [6.07, 6.45) is 0.0957. The lowest BCUT2D eigenvalue weighted by atomic mass is 10.1. The number of carbonyl (C=O) groups excluding carboxylic acids is 1. The first-order valence-corrected chi connectivity index (χ1v) is 10.0. The number of ether oxygens (including phenoxy) is 1. The molecule has 1 amide bonds. The van der Waals surface area contributed by atoms with Gasteiger partial charge in [0.15, 0.2) is 0 Å². The summed E-state index contributed by atoms with van der Waals surface area (Å²) in [5.41, 5.74) is 4.15. The van der Waals surface area contributed by atoms with E-state index < -0.39 is 0 Å². The van der Waals surface area contributed by atoms with Crippen molar-refractivity contribution >= 4 is 17.2 Å². The van der Waals surface area contributed by atoms with Crippen molar-refractivity contribution in [3.05, 3.63) is 51.0 Å². The lowest BCUT2D eigenvalue weighted by Crippen LogP contribution is -2.50. The molecule has 0 radical (unpaired) electrons. The van der Waals surface area contributed by atoms with E-state index in [9.17, 15) is 4.79 Å². The molecule has 0 saturated carbocycles. The van der Waals surface area contributed by atoms with E-state index in [0.717, 1.165) is 53.6 Å². The molecule has 138 valence electrons. The van der Waals surface area contributed by atoms with Crippen molar-refractivity contribution in [1.82, 2.24) is 14.8 Å². The SMILES string of the molecule is Cc1cc(C)cc(C(=O)N2C[C@@H]3OCCN(Cc4csc(C)n4)[C@@H]3C2)c1. The Kier molecular flexibility index (Phi) is 4.82. The highest BCUT2D eigenvalue weighted by Crippen LogP contribution is 2.26. The zero-order valence-electron chi connectivity index (χ0n) is 15.6. The van der Waals surface area contributed by atoms with E-state index in [1.165, 1.54) is 0 Å². The van der Waals surface area contributed by atoms with Crippen LogP contribution in [0.25, 0.3) is 0 Å². The maximum absolute atomic E-state index is 13.0. The van der Waals surface area contributed by atoms with Crippen molar-refractivity contribution in [2.24, 2.45) is 0 Å². The van der Waals surface area contributed by atoms with E-state index in [4.69, 9.17) is 4.74 Å². The predicted octanol–water partition coefficient (Wildman–Crippen LogP) is 2.79. The summed E-state index contributed by atoms with van der Waals surface area (Å²) in [4.78, 5) is 22.0. The Morgan fingerprint density at radius 2 is 2.00 bits per heavy atom. The predicted molar refractivity (Wildman–Crippen MR) is 103 cm³/mol. The summed E-state index contributed by atoms with van der Waals surface area (Å²) in [5.74, 6) is 0.110. The zero-order chi connectivity index (χ0) is 18.3. The van der Waals surface area contributed by atoms with Gasteiger partial charge in [0.25, 0.3) is 5.91 Å². The molecule has 2 fully saturated rings. The normalized spacial score (nSPS) is 23.3. The summed E-state index contributed by atoms with van der Waals surface area (Å²) in [6.45, 7) is 9.95. The molecule has 0 unspecified atom stereocenters. The van der Waals surface area contributed by atoms with Crippen LogP contribution in [0.15, 0.2) is 23.6 Å². The largest absolute Gasteiger partial charge is 0.373 e. The molecular weight excluding hydrogens is 346 g/mol. The quantitative estimate of drug-likeness (QED) is 0.832. The Balaban J connectivity index is 1.49. The molecule has 4 rings (SSSR count). The van der Waals surface area contributed by atoms with E-state index >= 15 is 0 Å². The molecule has 2 atom stereocenters. The first kappa shape index (κ1) is 17.6. The minimum absolute atomic E-state index is 0.0957. The third-order valence-corrected chi connectivity index (χ3v) is 6.03. The van der Waals surface area contributed by atoms with E-state index in [1.54, 1.807) is 11.3 Å². The van der Waals surface area contributed by atoms with E-state index in [-0.39, 0.29) is 18.1 Å². The lowest BCUT2D eigenvalue weighted by molar-refractivity contribution is -0.0507. The average molecular weight is 372 g/mol. The van der Waals surface area contributed by atoms with Gasteiger partial charge in [0, 0.05) is 37.1 Å². The molecule has 2 aliphatic rings. The third-order valence-electron chi connectivity index (χ3n) is 5.20. The molecule has 2 saturated heterocycles. The Morgan fingerprint density at radius 3 is 2.69 bits per heavy atom. The number of fused-ring (bicyclic) bond motifs is 1. The number of hydrogen-bond donors (Lipinski definition) is 0. The molecule has 26 heavy (non-hydrogen) atoms. The number of amides is 1. The first-order valence-electron chi connectivity index (χ1n) is 9.14. The molecule has 1 aromatic heterocycles. The average Bonchev–Trinajstić information content (AvgIpc) is 3.20. The fraction of sp³-hybridized carbons (Fsp3) is 0.500. The number of hydrogen-bond acceptors (Lipinski definition) is 5. The Hall–Kier alpha value is -1.76. The van der Waals surface area contributed by atoms with E-state index in [1.807, 2.05) is 37.8 Å². The van der Waals surface area contributed by atoms with Gasteiger partial charge in [0.05, 0.1) is 29.5 Å². The molecule has 6 heteroatoms. The molecule has 2 aromatic rings. The van der Waals surface area contributed by atoms with Crippen molar-refractivity contribution in [2.45, 2.75) is 39.5 Å². The zero-order valence-corrected chi connectivity index (χ0v) is 16.4. The highest BCUT2D eigenvalue weighted by Gasteiger charge is 2.42. The van der Waals surface area contributed by atoms with Gasteiger partial charge in [-0.15, -0.1) is 11.3 Å². The van der Waals surface area contributed by atoms with Crippen molar-refractivity contribution in [3.63, 3.8) is 0 Å². The molecule has 2 aliphatic heterocycles. The van der Waals surface area contributed by atoms with Crippen LogP contribution in [0, 0.1) is 20.8 Å². The third kappa shape index (κ3) is 3.54. The van der Waals surface area contributed by atoms with Gasteiger partial charge in [0.1, 0.15) is 0 Å². The smallest absolute Gasteiger partial charge is 0.254 e. The van der Waals surface area contributed by atoms with Crippen LogP contribution in [-0.4, -0.2) is 59.1 Å². The number of morpholine rings is 1. The lowest BCUT2D eigenvalue weighted by Gasteiger charge is -2.36. The molecular formula is C20H25N3O2S. The van der Waals surface area contributed by atoms with Crippen LogP contribution in [0.3, 0.4) is 0 Å². The Bertz CT molecular complexity index is 799. The summed E-state index contributed by atoms with van der Waals surface area (Å²) in [7, 11) is 0. The van der Waals surface area contributed by atoms with Crippen LogP contribution in [-0.2, 0) is 11.3 Å². The highest BCUT2D eigenvalue weighted by molar-refractivity contribution is 7.09. The van der Waals surface area contributed by atoms with E-state index in [2.05, 4.69) is 21.3 Å². The summed E-state index contributed by atoms with van der Waals surface area (Å²) < 4.78 is 5.99. The van der Waals surface area contributed by atoms with Crippen LogP contribution in [0.4, 0.5) is 0 Å². The molecule has 0 spiro atoms. The number of aromatic nitrogens is 1. The van der Waals surface area contributed by atoms with Gasteiger partial charge in [-0.25, -0.2) is 4.98 Å². The van der Waals surface area contributed by atoms with Crippen LogP contribution >= 0.6 is 11.3 Å². The summed E-state index contributed by atoms with van der Waals surface area (Å²) in [6, 6.07) is 6.31. The molecule has 0 aliphatic carbocycles. The number of rotatable bonds is 3. The maximum atomic E-state index is 13.0. The molecule has 5 nitrogen and oxygen atoms in total. The standard InChI is InChI=1S/C20H25N3O2S/c1-13-6-14(2)8-16(7-13)20(24)23-10-18-19(11-23)25-5-4-22(18)9-17-12-26-15(3)21-17/h6-8,12,18-19H,4-5,9-11H2,1-3H3/t18-,19+/m1/s1. The van der Waals surface area contributed by atoms with Gasteiger partial charge in [-0.3, -0.25) is 9.69 Å². The molecule has 3 heterocycles. The van der Waals surface area contributed by atoms with E-state index in [0.29, 0.717) is 6.54 Å². The number of carbonyl (C=O) groups is 1. The fourth-order valence-corrected chi connectivity index (χ4v) is 4.69. The Labute approximate surface area is 158 Å².